The number of aryl methyl sites for hydroxylation is 1. The molecule has 0 spiro atoms. The minimum absolute atomic E-state index is 0.0666. The number of amides is 1. The van der Waals surface area contributed by atoms with Crippen molar-refractivity contribution in [2.24, 2.45) is 0 Å². The summed E-state index contributed by atoms with van der Waals surface area (Å²) < 4.78 is 5.59. The zero-order chi connectivity index (χ0) is 17.2. The molecule has 1 heterocycles. The van der Waals surface area contributed by atoms with E-state index >= 15 is 0 Å². The van der Waals surface area contributed by atoms with Crippen LogP contribution in [0.15, 0.2) is 34.7 Å². The van der Waals surface area contributed by atoms with Gasteiger partial charge in [-0.05, 0) is 18.9 Å². The van der Waals surface area contributed by atoms with Crippen molar-refractivity contribution in [3.8, 4) is 0 Å². The van der Waals surface area contributed by atoms with Crippen LogP contribution in [-0.2, 0) is 20.7 Å². The number of thioether (sulfide) groups is 1. The second kappa shape index (κ2) is 10.0. The van der Waals surface area contributed by atoms with Crippen LogP contribution in [0, 0.1) is 0 Å². The van der Waals surface area contributed by atoms with Gasteiger partial charge in [0.25, 0.3) is 0 Å². The maximum absolute atomic E-state index is 11.7. The number of ether oxygens (including phenoxy) is 1. The van der Waals surface area contributed by atoms with Crippen molar-refractivity contribution in [1.82, 2.24) is 10.2 Å². The summed E-state index contributed by atoms with van der Waals surface area (Å²) in [4.78, 5) is 23.0. The second-order valence-corrected chi connectivity index (χ2v) is 7.13. The zero-order valence-corrected chi connectivity index (χ0v) is 15.0. The highest BCUT2D eigenvalue weighted by molar-refractivity contribution is 8.01. The number of esters is 1. The smallest absolute Gasteiger partial charge is 0.306 e. The minimum Gasteiger partial charge on any atom is -0.466 e. The van der Waals surface area contributed by atoms with Crippen molar-refractivity contribution >= 4 is 40.1 Å². The van der Waals surface area contributed by atoms with Crippen molar-refractivity contribution in [3.05, 3.63) is 35.9 Å². The molecular formula is C16H19N3O3S2. The molecule has 0 aliphatic rings. The maximum atomic E-state index is 11.7. The molecule has 128 valence electrons. The van der Waals surface area contributed by atoms with Gasteiger partial charge in [-0.1, -0.05) is 53.4 Å². The molecular weight excluding hydrogens is 346 g/mol. The Morgan fingerprint density at radius 3 is 2.75 bits per heavy atom. The van der Waals surface area contributed by atoms with Gasteiger partial charge in [-0.15, -0.1) is 10.2 Å². The molecule has 0 saturated carbocycles. The van der Waals surface area contributed by atoms with Crippen molar-refractivity contribution in [3.63, 3.8) is 0 Å². The minimum atomic E-state index is -0.373. The maximum Gasteiger partial charge on any atom is 0.306 e. The summed E-state index contributed by atoms with van der Waals surface area (Å²) in [5, 5.41) is 11.1. The molecule has 0 atom stereocenters. The Hall–Kier alpha value is -1.93. The molecule has 1 amide bonds. The number of benzene rings is 1. The Bertz CT molecular complexity index is 662. The van der Waals surface area contributed by atoms with Gasteiger partial charge in [-0.3, -0.25) is 9.59 Å². The molecule has 0 saturated heterocycles. The number of rotatable bonds is 9. The first-order valence-corrected chi connectivity index (χ1v) is 9.43. The number of hydrogen-bond acceptors (Lipinski definition) is 7. The van der Waals surface area contributed by atoms with Crippen LogP contribution < -0.4 is 5.32 Å². The molecule has 2 rings (SSSR count). The van der Waals surface area contributed by atoms with Crippen molar-refractivity contribution in [1.29, 1.82) is 0 Å². The number of carbonyl (C=O) groups is 2. The molecule has 1 aromatic carbocycles. The summed E-state index contributed by atoms with van der Waals surface area (Å²) in [5.41, 5.74) is 1.28. The van der Waals surface area contributed by atoms with E-state index in [4.69, 9.17) is 4.74 Å². The Kier molecular flexibility index (Phi) is 7.70. The third-order valence-corrected chi connectivity index (χ3v) is 4.95. The van der Waals surface area contributed by atoms with Crippen LogP contribution in [-0.4, -0.2) is 34.4 Å². The number of nitrogens with zero attached hydrogens (tertiary/aromatic N) is 2. The van der Waals surface area contributed by atoms with Crippen LogP contribution in [0.4, 0.5) is 5.13 Å². The molecule has 0 aliphatic carbocycles. The van der Waals surface area contributed by atoms with Gasteiger partial charge in [0.15, 0.2) is 4.34 Å². The van der Waals surface area contributed by atoms with Gasteiger partial charge in [-0.25, -0.2) is 0 Å². The monoisotopic (exact) mass is 365 g/mol. The molecule has 1 N–H and O–H groups in total. The van der Waals surface area contributed by atoms with E-state index in [1.54, 1.807) is 18.7 Å². The quantitative estimate of drug-likeness (QED) is 0.418. The van der Waals surface area contributed by atoms with E-state index < -0.39 is 0 Å². The Morgan fingerprint density at radius 1 is 1.21 bits per heavy atom. The highest BCUT2D eigenvalue weighted by atomic mass is 32.2. The first-order chi connectivity index (χ1) is 11.7. The SMILES string of the molecule is CCOC(=O)CCC(=O)Nc1nnc(SCCc2ccccc2)s1. The van der Waals surface area contributed by atoms with Gasteiger partial charge in [0.2, 0.25) is 11.0 Å². The standard InChI is InChI=1S/C16H19N3O3S2/c1-2-22-14(21)9-8-13(20)17-15-18-19-16(24-15)23-11-10-12-6-4-3-5-7-12/h3-7H,2,8-11H2,1H3,(H,17,18,20). The Labute approximate surface area is 149 Å². The number of carbonyl (C=O) groups excluding carboxylic acids is 2. The van der Waals surface area contributed by atoms with Crippen molar-refractivity contribution in [2.75, 3.05) is 17.7 Å². The van der Waals surface area contributed by atoms with Crippen LogP contribution in [0.3, 0.4) is 0 Å². The highest BCUT2D eigenvalue weighted by Crippen LogP contribution is 2.26. The fraction of sp³-hybridized carbons (Fsp3) is 0.375. The average Bonchev–Trinajstić information content (AvgIpc) is 3.01. The Balaban J connectivity index is 1.70. The van der Waals surface area contributed by atoms with Crippen molar-refractivity contribution < 1.29 is 14.3 Å². The summed E-state index contributed by atoms with van der Waals surface area (Å²) >= 11 is 2.94. The first kappa shape index (κ1) is 18.4. The number of hydrogen-bond donors (Lipinski definition) is 1. The lowest BCUT2D eigenvalue weighted by molar-refractivity contribution is -0.144. The third kappa shape index (κ3) is 6.67. The predicted octanol–water partition coefficient (Wildman–Crippen LogP) is 3.15. The molecule has 8 heteroatoms. The molecule has 2 aromatic rings. The lowest BCUT2D eigenvalue weighted by Gasteiger charge is -2.01. The molecule has 0 radical (unpaired) electrons. The largest absolute Gasteiger partial charge is 0.466 e. The van der Waals surface area contributed by atoms with Gasteiger partial charge in [-0.2, -0.15) is 0 Å². The van der Waals surface area contributed by atoms with Crippen LogP contribution in [0.25, 0.3) is 0 Å². The molecule has 24 heavy (non-hydrogen) atoms. The van der Waals surface area contributed by atoms with Gasteiger partial charge >= 0.3 is 5.97 Å². The lowest BCUT2D eigenvalue weighted by Crippen LogP contribution is -2.14. The fourth-order valence-electron chi connectivity index (χ4n) is 1.85. The Morgan fingerprint density at radius 2 is 2.00 bits per heavy atom. The number of nitrogens with one attached hydrogen (secondary N) is 1. The molecule has 0 fully saturated rings. The summed E-state index contributed by atoms with van der Waals surface area (Å²) in [6.45, 7) is 2.05. The van der Waals surface area contributed by atoms with E-state index in [1.165, 1.54) is 16.9 Å². The van der Waals surface area contributed by atoms with E-state index in [2.05, 4.69) is 27.6 Å². The van der Waals surface area contributed by atoms with E-state index in [0.717, 1.165) is 16.5 Å². The van der Waals surface area contributed by atoms with Gasteiger partial charge in [0, 0.05) is 12.2 Å². The van der Waals surface area contributed by atoms with Crippen LogP contribution >= 0.6 is 23.1 Å². The van der Waals surface area contributed by atoms with Crippen LogP contribution in [0.1, 0.15) is 25.3 Å². The number of anilines is 1. The average molecular weight is 365 g/mol. The number of aromatic nitrogens is 2. The predicted molar refractivity (Wildman–Crippen MR) is 95.3 cm³/mol. The molecule has 0 aliphatic heterocycles. The summed E-state index contributed by atoms with van der Waals surface area (Å²) in [6.07, 6.45) is 1.10. The molecule has 6 nitrogen and oxygen atoms in total. The van der Waals surface area contributed by atoms with E-state index in [0.29, 0.717) is 11.7 Å². The molecule has 1 aromatic heterocycles. The normalized spacial score (nSPS) is 10.4. The summed E-state index contributed by atoms with van der Waals surface area (Å²) in [7, 11) is 0. The highest BCUT2D eigenvalue weighted by Gasteiger charge is 2.11. The van der Waals surface area contributed by atoms with Gasteiger partial charge in [0.1, 0.15) is 0 Å². The van der Waals surface area contributed by atoms with Gasteiger partial charge in [0.05, 0.1) is 13.0 Å². The summed E-state index contributed by atoms with van der Waals surface area (Å²) in [5.74, 6) is 0.261. The van der Waals surface area contributed by atoms with Crippen LogP contribution in [0.2, 0.25) is 0 Å². The zero-order valence-electron chi connectivity index (χ0n) is 13.4. The third-order valence-electron chi connectivity index (χ3n) is 2.97. The van der Waals surface area contributed by atoms with Crippen molar-refractivity contribution in [2.45, 2.75) is 30.5 Å². The van der Waals surface area contributed by atoms with Crippen LogP contribution in [0.5, 0.6) is 0 Å². The fourth-order valence-corrected chi connectivity index (χ4v) is 3.68. The molecule has 0 unspecified atom stereocenters. The molecule has 0 bridgehead atoms. The second-order valence-electron chi connectivity index (χ2n) is 4.81. The topological polar surface area (TPSA) is 81.2 Å². The summed E-state index contributed by atoms with van der Waals surface area (Å²) in [6, 6.07) is 10.2. The van der Waals surface area contributed by atoms with E-state index in [9.17, 15) is 9.59 Å². The van der Waals surface area contributed by atoms with Gasteiger partial charge < -0.3 is 10.1 Å². The van der Waals surface area contributed by atoms with E-state index in [-0.39, 0.29) is 24.7 Å². The van der Waals surface area contributed by atoms with E-state index in [1.807, 2.05) is 18.2 Å². The lowest BCUT2D eigenvalue weighted by atomic mass is 10.2. The first-order valence-electron chi connectivity index (χ1n) is 7.63.